The maximum absolute atomic E-state index is 12.0. The molecule has 0 aromatic rings. The second kappa shape index (κ2) is 8.06. The third-order valence-corrected chi connectivity index (χ3v) is 4.53. The quantitative estimate of drug-likeness (QED) is 0.611. The van der Waals surface area contributed by atoms with Crippen molar-refractivity contribution in [2.24, 2.45) is 5.92 Å². The SMILES string of the molecule is CC1CCCN(S(=O)(=O)NCCCOCCO)C1. The summed E-state index contributed by atoms with van der Waals surface area (Å²) < 4.78 is 33.1. The smallest absolute Gasteiger partial charge is 0.279 e. The molecule has 1 atom stereocenters. The average Bonchev–Trinajstić information content (AvgIpc) is 2.33. The van der Waals surface area contributed by atoms with Crippen LogP contribution >= 0.6 is 0 Å². The lowest BCUT2D eigenvalue weighted by Gasteiger charge is -2.29. The molecule has 18 heavy (non-hydrogen) atoms. The van der Waals surface area contributed by atoms with Crippen LogP contribution < -0.4 is 4.72 Å². The second-order valence-electron chi connectivity index (χ2n) is 4.69. The van der Waals surface area contributed by atoms with Gasteiger partial charge in [0.2, 0.25) is 0 Å². The van der Waals surface area contributed by atoms with Crippen molar-refractivity contribution < 1.29 is 18.3 Å². The van der Waals surface area contributed by atoms with Gasteiger partial charge in [-0.15, -0.1) is 0 Å². The van der Waals surface area contributed by atoms with Gasteiger partial charge in [0.15, 0.2) is 0 Å². The van der Waals surface area contributed by atoms with Gasteiger partial charge in [-0.05, 0) is 25.2 Å². The number of hydrogen-bond acceptors (Lipinski definition) is 4. The Bertz CT molecular complexity index is 321. The lowest BCUT2D eigenvalue weighted by Crippen LogP contribution is -2.45. The third kappa shape index (κ3) is 5.62. The zero-order chi connectivity index (χ0) is 13.4. The Morgan fingerprint density at radius 2 is 2.22 bits per heavy atom. The van der Waals surface area contributed by atoms with Crippen molar-refractivity contribution in [3.63, 3.8) is 0 Å². The fourth-order valence-corrected chi connectivity index (χ4v) is 3.40. The van der Waals surface area contributed by atoms with E-state index in [9.17, 15) is 8.42 Å². The maximum atomic E-state index is 12.0. The van der Waals surface area contributed by atoms with Gasteiger partial charge in [0, 0.05) is 26.2 Å². The molecule has 0 aromatic carbocycles. The summed E-state index contributed by atoms with van der Waals surface area (Å²) in [6.07, 6.45) is 2.64. The summed E-state index contributed by atoms with van der Waals surface area (Å²) in [5, 5.41) is 8.50. The molecule has 108 valence electrons. The van der Waals surface area contributed by atoms with E-state index in [-0.39, 0.29) is 6.61 Å². The van der Waals surface area contributed by atoms with Crippen LogP contribution in [0.2, 0.25) is 0 Å². The predicted molar refractivity (Wildman–Crippen MR) is 69.4 cm³/mol. The molecule has 1 saturated heterocycles. The maximum Gasteiger partial charge on any atom is 0.279 e. The van der Waals surface area contributed by atoms with Crippen LogP contribution in [0.5, 0.6) is 0 Å². The van der Waals surface area contributed by atoms with Gasteiger partial charge in [-0.1, -0.05) is 6.92 Å². The highest BCUT2D eigenvalue weighted by molar-refractivity contribution is 7.87. The summed E-state index contributed by atoms with van der Waals surface area (Å²) in [5.74, 6) is 0.434. The summed E-state index contributed by atoms with van der Waals surface area (Å²) in [4.78, 5) is 0. The van der Waals surface area contributed by atoms with Crippen molar-refractivity contribution >= 4 is 10.2 Å². The van der Waals surface area contributed by atoms with E-state index in [1.807, 2.05) is 0 Å². The van der Waals surface area contributed by atoms with Crippen LogP contribution in [-0.2, 0) is 14.9 Å². The summed E-state index contributed by atoms with van der Waals surface area (Å²) in [6.45, 7) is 4.42. The second-order valence-corrected chi connectivity index (χ2v) is 6.45. The van der Waals surface area contributed by atoms with E-state index < -0.39 is 10.2 Å². The minimum absolute atomic E-state index is 0.00259. The Balaban J connectivity index is 2.22. The zero-order valence-electron chi connectivity index (χ0n) is 11.0. The van der Waals surface area contributed by atoms with Crippen LogP contribution in [-0.4, -0.2) is 57.3 Å². The highest BCUT2D eigenvalue weighted by atomic mass is 32.2. The molecule has 1 aliphatic rings. The van der Waals surface area contributed by atoms with Gasteiger partial charge in [-0.3, -0.25) is 0 Å². The highest BCUT2D eigenvalue weighted by Crippen LogP contribution is 2.17. The number of aliphatic hydroxyl groups excluding tert-OH is 1. The highest BCUT2D eigenvalue weighted by Gasteiger charge is 2.26. The summed E-state index contributed by atoms with van der Waals surface area (Å²) in [5.41, 5.74) is 0. The van der Waals surface area contributed by atoms with Crippen molar-refractivity contribution in [1.82, 2.24) is 9.03 Å². The zero-order valence-corrected chi connectivity index (χ0v) is 11.8. The third-order valence-electron chi connectivity index (χ3n) is 2.95. The number of nitrogens with zero attached hydrogens (tertiary/aromatic N) is 1. The lowest BCUT2D eigenvalue weighted by molar-refractivity contribution is 0.0913. The predicted octanol–water partition coefficient (Wildman–Crippen LogP) is -0.0483. The molecular weight excluding hydrogens is 256 g/mol. The van der Waals surface area contributed by atoms with E-state index in [0.717, 1.165) is 12.8 Å². The van der Waals surface area contributed by atoms with E-state index >= 15 is 0 Å². The van der Waals surface area contributed by atoms with Crippen LogP contribution in [0.15, 0.2) is 0 Å². The first-order chi connectivity index (χ1) is 8.56. The van der Waals surface area contributed by atoms with Crippen LogP contribution in [0.25, 0.3) is 0 Å². The molecule has 0 amide bonds. The first kappa shape index (κ1) is 15.8. The van der Waals surface area contributed by atoms with Crippen LogP contribution in [0.3, 0.4) is 0 Å². The van der Waals surface area contributed by atoms with Gasteiger partial charge in [0.05, 0.1) is 13.2 Å². The molecule has 0 aliphatic carbocycles. The molecule has 1 aliphatic heterocycles. The molecule has 0 aromatic heterocycles. The normalized spacial score (nSPS) is 22.2. The number of hydrogen-bond donors (Lipinski definition) is 2. The van der Waals surface area contributed by atoms with Crippen molar-refractivity contribution in [1.29, 1.82) is 0 Å². The Hall–Kier alpha value is -0.210. The fraction of sp³-hybridized carbons (Fsp3) is 1.00. The first-order valence-corrected chi connectivity index (χ1v) is 7.93. The van der Waals surface area contributed by atoms with Gasteiger partial charge in [0.25, 0.3) is 10.2 Å². The van der Waals surface area contributed by atoms with E-state index in [0.29, 0.717) is 45.2 Å². The van der Waals surface area contributed by atoms with Crippen LogP contribution in [0.4, 0.5) is 0 Å². The number of piperidine rings is 1. The fourth-order valence-electron chi connectivity index (χ4n) is 2.00. The van der Waals surface area contributed by atoms with Crippen molar-refractivity contribution in [3.8, 4) is 0 Å². The molecule has 0 bridgehead atoms. The van der Waals surface area contributed by atoms with E-state index in [4.69, 9.17) is 9.84 Å². The van der Waals surface area contributed by atoms with Crippen molar-refractivity contribution in [3.05, 3.63) is 0 Å². The number of rotatable bonds is 8. The minimum Gasteiger partial charge on any atom is -0.394 e. The van der Waals surface area contributed by atoms with Crippen LogP contribution in [0.1, 0.15) is 26.2 Å². The molecule has 0 saturated carbocycles. The average molecular weight is 280 g/mol. The topological polar surface area (TPSA) is 78.9 Å². The molecule has 6 nitrogen and oxygen atoms in total. The molecule has 1 fully saturated rings. The van der Waals surface area contributed by atoms with Crippen molar-refractivity contribution in [2.45, 2.75) is 26.2 Å². The number of nitrogens with one attached hydrogen (secondary N) is 1. The Morgan fingerprint density at radius 1 is 1.44 bits per heavy atom. The van der Waals surface area contributed by atoms with Gasteiger partial charge < -0.3 is 9.84 Å². The molecular formula is C11H24N2O4S. The molecule has 0 radical (unpaired) electrons. The van der Waals surface area contributed by atoms with Gasteiger partial charge in [0.1, 0.15) is 0 Å². The largest absolute Gasteiger partial charge is 0.394 e. The first-order valence-electron chi connectivity index (χ1n) is 6.49. The van der Waals surface area contributed by atoms with E-state index in [2.05, 4.69) is 11.6 Å². The lowest BCUT2D eigenvalue weighted by atomic mass is 10.0. The summed E-state index contributed by atoms with van der Waals surface area (Å²) >= 11 is 0. The Morgan fingerprint density at radius 3 is 2.89 bits per heavy atom. The Labute approximate surface area is 109 Å². The minimum atomic E-state index is -3.33. The molecule has 7 heteroatoms. The van der Waals surface area contributed by atoms with Gasteiger partial charge in [-0.25, -0.2) is 4.72 Å². The number of ether oxygens (including phenoxy) is 1. The molecule has 0 spiro atoms. The number of aliphatic hydroxyl groups is 1. The monoisotopic (exact) mass is 280 g/mol. The van der Waals surface area contributed by atoms with Gasteiger partial charge in [-0.2, -0.15) is 12.7 Å². The molecule has 1 rings (SSSR count). The van der Waals surface area contributed by atoms with E-state index in [1.165, 1.54) is 4.31 Å². The molecule has 1 unspecified atom stereocenters. The molecule has 2 N–H and O–H groups in total. The Kier molecular flexibility index (Phi) is 7.10. The van der Waals surface area contributed by atoms with Gasteiger partial charge >= 0.3 is 0 Å². The van der Waals surface area contributed by atoms with Crippen molar-refractivity contribution in [2.75, 3.05) is 39.5 Å². The standard InChI is InChI=1S/C11H24N2O4S/c1-11-4-2-6-13(10-11)18(15,16)12-5-3-8-17-9-7-14/h11-12,14H,2-10H2,1H3. The molecule has 1 heterocycles. The summed E-state index contributed by atoms with van der Waals surface area (Å²) in [6, 6.07) is 0. The van der Waals surface area contributed by atoms with E-state index in [1.54, 1.807) is 0 Å². The van der Waals surface area contributed by atoms with Crippen LogP contribution in [0, 0.1) is 5.92 Å². The summed E-state index contributed by atoms with van der Waals surface area (Å²) in [7, 11) is -3.33.